The third-order valence-corrected chi connectivity index (χ3v) is 7.72. The van der Waals surface area contributed by atoms with Gasteiger partial charge in [-0.05, 0) is 133 Å². The number of ether oxygens (including phenoxy) is 3. The number of rotatable bonds is 13. The van der Waals surface area contributed by atoms with E-state index in [1.54, 1.807) is 60.6 Å². The number of allylic oxidation sites excluding steroid dienone is 1. The quantitative estimate of drug-likeness (QED) is 0.188. The Labute approximate surface area is 267 Å². The molecule has 0 atom stereocenters. The number of aliphatic hydroxyl groups is 3. The van der Waals surface area contributed by atoms with Gasteiger partial charge in [0.05, 0.1) is 47.8 Å². The molecular weight excluding hydrogens is 618 g/mol. The topological polar surface area (TPSA) is 88.4 Å². The predicted molar refractivity (Wildman–Crippen MR) is 165 cm³/mol. The summed E-state index contributed by atoms with van der Waals surface area (Å²) in [6.45, 7) is 19.8. The van der Waals surface area contributed by atoms with Crippen LogP contribution in [0.25, 0.3) is 16.3 Å². The van der Waals surface area contributed by atoms with Crippen LogP contribution in [-0.4, -0.2) is 64.3 Å². The van der Waals surface area contributed by atoms with Gasteiger partial charge in [0.25, 0.3) is 5.60 Å². The van der Waals surface area contributed by atoms with Crippen molar-refractivity contribution in [1.29, 1.82) is 0 Å². The van der Waals surface area contributed by atoms with E-state index >= 15 is 0 Å². The summed E-state index contributed by atoms with van der Waals surface area (Å²) in [5.74, 6) is 0. The van der Waals surface area contributed by atoms with Gasteiger partial charge in [-0.25, -0.2) is 0 Å². The molecule has 262 valence electrons. The van der Waals surface area contributed by atoms with Crippen LogP contribution in [0.3, 0.4) is 0 Å². The first-order chi connectivity index (χ1) is 20.2. The highest BCUT2D eigenvalue weighted by molar-refractivity contribution is 5.97. The van der Waals surface area contributed by atoms with Crippen molar-refractivity contribution in [2.45, 2.75) is 122 Å². The molecule has 0 radical (unpaired) electrons. The van der Waals surface area contributed by atoms with E-state index in [2.05, 4.69) is 6.58 Å². The zero-order chi connectivity index (χ0) is 36.1. The van der Waals surface area contributed by atoms with Gasteiger partial charge in [-0.15, -0.1) is 0 Å². The molecule has 12 heteroatoms. The van der Waals surface area contributed by atoms with Gasteiger partial charge in [0.2, 0.25) is 0 Å². The molecule has 0 unspecified atom stereocenters. The van der Waals surface area contributed by atoms with Crippen LogP contribution in [0.15, 0.2) is 30.8 Å². The molecule has 0 aliphatic rings. The molecule has 0 amide bonds. The number of hydrogen-bond acceptors (Lipinski definition) is 6. The van der Waals surface area contributed by atoms with Gasteiger partial charge in [-0.1, -0.05) is 12.2 Å². The Hall–Kier alpha value is -2.22. The lowest BCUT2D eigenvalue weighted by atomic mass is 9.81. The average Bonchev–Trinajstić information content (AvgIpc) is 2.86. The zero-order valence-electron chi connectivity index (χ0n) is 28.5. The van der Waals surface area contributed by atoms with Crippen LogP contribution in [-0.2, 0) is 31.0 Å². The maximum atomic E-state index is 13.4. The molecule has 0 saturated carbocycles. The van der Waals surface area contributed by atoms with Crippen LogP contribution < -0.4 is 0 Å². The molecule has 0 aliphatic heterocycles. The van der Waals surface area contributed by atoms with E-state index in [9.17, 15) is 41.7 Å². The Balaban J connectivity index is 2.90. The van der Waals surface area contributed by atoms with E-state index in [1.807, 2.05) is 26.0 Å². The van der Waals surface area contributed by atoms with Gasteiger partial charge in [-0.3, -0.25) is 0 Å². The molecule has 2 rings (SSSR count). The lowest BCUT2D eigenvalue weighted by Crippen LogP contribution is -2.60. The fraction of sp³-hybridized carbons (Fsp3) is 0.647. The van der Waals surface area contributed by atoms with Crippen LogP contribution in [0.5, 0.6) is 0 Å². The third-order valence-electron chi connectivity index (χ3n) is 7.72. The Bertz CT molecular complexity index is 1390. The van der Waals surface area contributed by atoms with E-state index in [4.69, 9.17) is 14.2 Å². The molecule has 6 nitrogen and oxygen atoms in total. The minimum atomic E-state index is -6.04. The highest BCUT2D eigenvalue weighted by Crippen LogP contribution is 2.46. The Morgan fingerprint density at radius 3 is 1.35 bits per heavy atom. The summed E-state index contributed by atoms with van der Waals surface area (Å²) in [4.78, 5) is 0. The minimum absolute atomic E-state index is 0.00593. The summed E-state index contributed by atoms with van der Waals surface area (Å²) in [5.41, 5.74) is -8.66. The lowest BCUT2D eigenvalue weighted by molar-refractivity contribution is -0.382. The SMILES string of the molecule is C=C(C)c1cc(C(C)(C)OCC(O)(C(F)(F)F)C(F)(F)F)cc2c(C(C)(C)OCC(C)(C)O)cc(C(C)(C)OCC(C)(C)O)cc12. The normalized spacial score (nSPS) is 14.7. The first-order valence-corrected chi connectivity index (χ1v) is 14.8. The molecule has 0 fully saturated rings. The fourth-order valence-corrected chi connectivity index (χ4v) is 4.58. The molecule has 0 aromatic heterocycles. The molecule has 0 bridgehead atoms. The largest absolute Gasteiger partial charge is 0.428 e. The van der Waals surface area contributed by atoms with Crippen molar-refractivity contribution in [3.63, 3.8) is 0 Å². The summed E-state index contributed by atoms with van der Waals surface area (Å²) in [5, 5.41) is 31.6. The highest BCUT2D eigenvalue weighted by atomic mass is 19.4. The van der Waals surface area contributed by atoms with E-state index in [1.165, 1.54) is 13.8 Å². The molecule has 3 N–H and O–H groups in total. The summed E-state index contributed by atoms with van der Waals surface area (Å²) >= 11 is 0. The summed E-state index contributed by atoms with van der Waals surface area (Å²) < 4.78 is 98.2. The van der Waals surface area contributed by atoms with Gasteiger partial charge in [0.15, 0.2) is 0 Å². The summed E-state index contributed by atoms with van der Waals surface area (Å²) in [6.07, 6.45) is -12.1. The Kier molecular flexibility index (Phi) is 11.0. The molecule has 0 aliphatic carbocycles. The van der Waals surface area contributed by atoms with Crippen molar-refractivity contribution in [1.82, 2.24) is 0 Å². The van der Waals surface area contributed by atoms with Gasteiger partial charge in [0.1, 0.15) is 0 Å². The van der Waals surface area contributed by atoms with Crippen molar-refractivity contribution >= 4 is 16.3 Å². The molecule has 2 aromatic rings. The van der Waals surface area contributed by atoms with E-state index in [0.717, 1.165) is 0 Å². The van der Waals surface area contributed by atoms with Crippen LogP contribution in [0.1, 0.15) is 98.4 Å². The molecule has 0 heterocycles. The van der Waals surface area contributed by atoms with Gasteiger partial charge >= 0.3 is 12.4 Å². The van der Waals surface area contributed by atoms with E-state index in [-0.39, 0.29) is 18.8 Å². The number of alkyl halides is 6. The first-order valence-electron chi connectivity index (χ1n) is 14.8. The van der Waals surface area contributed by atoms with Crippen molar-refractivity contribution in [3.8, 4) is 0 Å². The Morgan fingerprint density at radius 2 is 0.957 bits per heavy atom. The van der Waals surface area contributed by atoms with Gasteiger partial charge in [0, 0.05) is 0 Å². The van der Waals surface area contributed by atoms with Crippen LogP contribution in [0.2, 0.25) is 0 Å². The van der Waals surface area contributed by atoms with Crippen molar-refractivity contribution in [2.75, 3.05) is 19.8 Å². The monoisotopic (exact) mass is 666 g/mol. The van der Waals surface area contributed by atoms with Crippen LogP contribution in [0, 0.1) is 0 Å². The van der Waals surface area contributed by atoms with Crippen molar-refractivity contribution in [2.24, 2.45) is 0 Å². The standard InChI is InChI=1S/C34H48F6O6/c1-20(2)23-13-21(29(7,8)46-19-32(43,33(35,36)37)34(38,39)40)15-25-24(23)14-22(30(9,10)44-17-27(3,4)41)16-26(25)31(11,12)45-18-28(5,6)42/h13-16,41-43H,1,17-19H2,2-12H3. The maximum absolute atomic E-state index is 13.4. The fourth-order valence-electron chi connectivity index (χ4n) is 4.58. The zero-order valence-corrected chi connectivity index (χ0v) is 28.5. The van der Waals surface area contributed by atoms with Gasteiger partial charge in [-0.2, -0.15) is 26.3 Å². The number of halogens is 6. The number of benzene rings is 2. The van der Waals surface area contributed by atoms with Gasteiger partial charge < -0.3 is 29.5 Å². The second-order valence-electron chi connectivity index (χ2n) is 14.8. The molecule has 0 saturated heterocycles. The second kappa shape index (κ2) is 12.7. The summed E-state index contributed by atoms with van der Waals surface area (Å²) in [6, 6.07) is 6.85. The number of hydrogen-bond donors (Lipinski definition) is 3. The molecule has 0 spiro atoms. The third kappa shape index (κ3) is 9.23. The Morgan fingerprint density at radius 1 is 0.587 bits per heavy atom. The number of fused-ring (bicyclic) bond motifs is 1. The van der Waals surface area contributed by atoms with Crippen molar-refractivity contribution in [3.05, 3.63) is 53.1 Å². The smallest absolute Gasteiger partial charge is 0.388 e. The highest BCUT2D eigenvalue weighted by Gasteiger charge is 2.71. The lowest BCUT2D eigenvalue weighted by Gasteiger charge is -2.37. The summed E-state index contributed by atoms with van der Waals surface area (Å²) in [7, 11) is 0. The van der Waals surface area contributed by atoms with Crippen molar-refractivity contribution < 1.29 is 55.9 Å². The van der Waals surface area contributed by atoms with E-state index in [0.29, 0.717) is 33.0 Å². The molecular formula is C34H48F6O6. The second-order valence-corrected chi connectivity index (χ2v) is 14.8. The van der Waals surface area contributed by atoms with Crippen LogP contribution in [0.4, 0.5) is 26.3 Å². The van der Waals surface area contributed by atoms with E-state index < -0.39 is 52.6 Å². The maximum Gasteiger partial charge on any atom is 0.428 e. The average molecular weight is 667 g/mol. The van der Waals surface area contributed by atoms with Crippen LogP contribution >= 0.6 is 0 Å². The molecule has 46 heavy (non-hydrogen) atoms. The molecule has 2 aromatic carbocycles. The first kappa shape index (κ1) is 40.0. The predicted octanol–water partition coefficient (Wildman–Crippen LogP) is 8.03. The minimum Gasteiger partial charge on any atom is -0.388 e.